The number of hydrogen-bond acceptors (Lipinski definition) is 3. The van der Waals surface area contributed by atoms with E-state index >= 15 is 0 Å². The minimum atomic E-state index is -0.119. The molecule has 4 heteroatoms. The first-order valence-electron chi connectivity index (χ1n) is 8.97. The summed E-state index contributed by atoms with van der Waals surface area (Å²) in [6.07, 6.45) is 3.60. The number of fused-ring (bicyclic) bond motifs is 4. The second-order valence-electron chi connectivity index (χ2n) is 6.65. The van der Waals surface area contributed by atoms with Crippen LogP contribution in [0.15, 0.2) is 73.0 Å². The van der Waals surface area contributed by atoms with E-state index in [9.17, 15) is 4.79 Å². The van der Waals surface area contributed by atoms with Gasteiger partial charge in [0.15, 0.2) is 5.76 Å². The first-order valence-corrected chi connectivity index (χ1v) is 8.97. The number of carbonyl (C=O) groups is 1. The Morgan fingerprint density at radius 1 is 1.00 bits per heavy atom. The third kappa shape index (κ3) is 2.35. The third-order valence-corrected chi connectivity index (χ3v) is 5.09. The molecular formula is C24H17NO3. The predicted molar refractivity (Wildman–Crippen MR) is 112 cm³/mol. The van der Waals surface area contributed by atoms with Crippen LogP contribution < -0.4 is 9.47 Å². The Morgan fingerprint density at radius 2 is 1.82 bits per heavy atom. The maximum absolute atomic E-state index is 12.7. The zero-order valence-corrected chi connectivity index (χ0v) is 15.3. The summed E-state index contributed by atoms with van der Waals surface area (Å²) in [7, 11) is 1.59. The Labute approximate surface area is 161 Å². The fraction of sp³-hybridized carbons (Fsp3) is 0.0417. The standard InChI is InChI=1S/C24H17NO3/c1-3-25-20-7-5-4-6-17(20)19-12-15(8-11-21(19)25)13-23-24(26)18-10-9-16(27-2)14-22(18)28-23/h3-14H,1H2,2H3. The highest BCUT2D eigenvalue weighted by atomic mass is 16.5. The second kappa shape index (κ2) is 6.13. The summed E-state index contributed by atoms with van der Waals surface area (Å²) in [6, 6.07) is 19.5. The quantitative estimate of drug-likeness (QED) is 0.448. The number of Topliss-reactive ketones (excluding diaryl/α,β-unsaturated/α-hetero) is 1. The average Bonchev–Trinajstić information content (AvgIpc) is 3.22. The molecule has 1 aromatic heterocycles. The van der Waals surface area contributed by atoms with Gasteiger partial charge >= 0.3 is 0 Å². The topological polar surface area (TPSA) is 40.5 Å². The number of carbonyl (C=O) groups excluding carboxylic acids is 1. The van der Waals surface area contributed by atoms with Gasteiger partial charge in [-0.05, 0) is 42.0 Å². The van der Waals surface area contributed by atoms with Gasteiger partial charge in [0.2, 0.25) is 5.78 Å². The summed E-state index contributed by atoms with van der Waals surface area (Å²) in [5.41, 5.74) is 3.63. The lowest BCUT2D eigenvalue weighted by atomic mass is 10.1. The van der Waals surface area contributed by atoms with Gasteiger partial charge in [0.25, 0.3) is 0 Å². The van der Waals surface area contributed by atoms with Crippen molar-refractivity contribution in [2.75, 3.05) is 7.11 Å². The van der Waals surface area contributed by atoms with E-state index in [4.69, 9.17) is 9.47 Å². The number of benzene rings is 3. The molecule has 0 saturated heterocycles. The number of aromatic nitrogens is 1. The van der Waals surface area contributed by atoms with Gasteiger partial charge in [-0.3, -0.25) is 4.79 Å². The molecule has 4 aromatic rings. The SMILES string of the molecule is C=Cn1c2ccccc2c2cc(C=C3Oc4cc(OC)ccc4C3=O)ccc21. The number of para-hydroxylation sites is 1. The van der Waals surface area contributed by atoms with Crippen molar-refractivity contribution in [2.45, 2.75) is 0 Å². The largest absolute Gasteiger partial charge is 0.497 e. The van der Waals surface area contributed by atoms with Crippen LogP contribution in [0.25, 0.3) is 34.1 Å². The van der Waals surface area contributed by atoms with Crippen molar-refractivity contribution in [1.29, 1.82) is 0 Å². The van der Waals surface area contributed by atoms with Crippen LogP contribution >= 0.6 is 0 Å². The van der Waals surface area contributed by atoms with Crippen molar-refractivity contribution in [3.05, 3.63) is 84.1 Å². The Morgan fingerprint density at radius 3 is 2.64 bits per heavy atom. The van der Waals surface area contributed by atoms with E-state index in [-0.39, 0.29) is 5.78 Å². The molecule has 0 amide bonds. The van der Waals surface area contributed by atoms with Gasteiger partial charge in [-0.2, -0.15) is 0 Å². The van der Waals surface area contributed by atoms with Crippen molar-refractivity contribution < 1.29 is 14.3 Å². The summed E-state index contributed by atoms with van der Waals surface area (Å²) in [4.78, 5) is 12.7. The van der Waals surface area contributed by atoms with E-state index in [2.05, 4.69) is 29.3 Å². The highest BCUT2D eigenvalue weighted by molar-refractivity contribution is 6.15. The summed E-state index contributed by atoms with van der Waals surface area (Å²) in [5, 5.41) is 2.25. The molecule has 136 valence electrons. The van der Waals surface area contributed by atoms with Crippen molar-refractivity contribution in [2.24, 2.45) is 0 Å². The summed E-state index contributed by atoms with van der Waals surface area (Å²) >= 11 is 0. The smallest absolute Gasteiger partial charge is 0.231 e. The Kier molecular flexibility index (Phi) is 3.59. The Bertz CT molecular complexity index is 1310. The fourth-order valence-corrected chi connectivity index (χ4v) is 3.75. The van der Waals surface area contributed by atoms with Gasteiger partial charge in [0, 0.05) is 23.0 Å². The van der Waals surface area contributed by atoms with E-state index in [0.29, 0.717) is 22.8 Å². The van der Waals surface area contributed by atoms with Crippen LogP contribution in [0.5, 0.6) is 11.5 Å². The molecule has 0 N–H and O–H groups in total. The van der Waals surface area contributed by atoms with Crippen LogP contribution in [0.1, 0.15) is 15.9 Å². The number of methoxy groups -OCH3 is 1. The van der Waals surface area contributed by atoms with Crippen molar-refractivity contribution in [3.63, 3.8) is 0 Å². The van der Waals surface area contributed by atoms with Gasteiger partial charge in [0.05, 0.1) is 23.7 Å². The lowest BCUT2D eigenvalue weighted by Crippen LogP contribution is -1.98. The third-order valence-electron chi connectivity index (χ3n) is 5.09. The predicted octanol–water partition coefficient (Wildman–Crippen LogP) is 5.52. The molecule has 4 nitrogen and oxygen atoms in total. The molecule has 0 unspecified atom stereocenters. The van der Waals surface area contributed by atoms with Crippen LogP contribution in [0.2, 0.25) is 0 Å². The van der Waals surface area contributed by atoms with E-state index < -0.39 is 0 Å². The first kappa shape index (κ1) is 16.4. The molecule has 0 atom stereocenters. The van der Waals surface area contributed by atoms with Crippen LogP contribution in [0.3, 0.4) is 0 Å². The lowest BCUT2D eigenvalue weighted by molar-refractivity contribution is 0.101. The molecule has 0 bridgehead atoms. The van der Waals surface area contributed by atoms with Crippen LogP contribution in [-0.2, 0) is 0 Å². The zero-order chi connectivity index (χ0) is 19.3. The second-order valence-corrected chi connectivity index (χ2v) is 6.65. The number of ketones is 1. The fourth-order valence-electron chi connectivity index (χ4n) is 3.75. The molecule has 28 heavy (non-hydrogen) atoms. The summed E-state index contributed by atoms with van der Waals surface area (Å²) < 4.78 is 13.1. The van der Waals surface area contributed by atoms with Crippen LogP contribution in [0.4, 0.5) is 0 Å². The highest BCUT2D eigenvalue weighted by Crippen LogP contribution is 2.35. The first-order chi connectivity index (χ1) is 13.7. The molecule has 3 aromatic carbocycles. The van der Waals surface area contributed by atoms with Gasteiger partial charge in [-0.15, -0.1) is 0 Å². The van der Waals surface area contributed by atoms with Crippen molar-refractivity contribution in [1.82, 2.24) is 4.57 Å². The van der Waals surface area contributed by atoms with E-state index in [1.807, 2.05) is 30.5 Å². The monoisotopic (exact) mass is 367 g/mol. The molecule has 5 rings (SSSR count). The highest BCUT2D eigenvalue weighted by Gasteiger charge is 2.27. The molecular weight excluding hydrogens is 350 g/mol. The number of hydrogen-bond donors (Lipinski definition) is 0. The average molecular weight is 367 g/mol. The number of nitrogens with zero attached hydrogens (tertiary/aromatic N) is 1. The lowest BCUT2D eigenvalue weighted by Gasteiger charge is -2.02. The molecule has 0 radical (unpaired) electrons. The zero-order valence-electron chi connectivity index (χ0n) is 15.3. The molecule has 1 aliphatic rings. The Balaban J connectivity index is 1.62. The van der Waals surface area contributed by atoms with Crippen LogP contribution in [-0.4, -0.2) is 17.5 Å². The number of rotatable bonds is 3. The van der Waals surface area contributed by atoms with Gasteiger partial charge < -0.3 is 14.0 Å². The molecule has 0 spiro atoms. The van der Waals surface area contributed by atoms with Crippen LogP contribution in [0, 0.1) is 0 Å². The molecule has 0 fully saturated rings. The van der Waals surface area contributed by atoms with Crippen molar-refractivity contribution in [3.8, 4) is 11.5 Å². The molecule has 1 aliphatic heterocycles. The van der Waals surface area contributed by atoms with E-state index in [0.717, 1.165) is 27.4 Å². The normalized spacial score (nSPS) is 14.5. The number of allylic oxidation sites excluding steroid dienone is 1. The minimum Gasteiger partial charge on any atom is -0.497 e. The van der Waals surface area contributed by atoms with Crippen molar-refractivity contribution >= 4 is 39.9 Å². The molecule has 0 aliphatic carbocycles. The Hall–Kier alpha value is -3.79. The summed E-state index contributed by atoms with van der Waals surface area (Å²) in [6.45, 7) is 3.93. The van der Waals surface area contributed by atoms with E-state index in [1.54, 1.807) is 31.4 Å². The number of ether oxygens (including phenoxy) is 2. The molecule has 2 heterocycles. The maximum Gasteiger partial charge on any atom is 0.231 e. The van der Waals surface area contributed by atoms with Gasteiger partial charge in [-0.25, -0.2) is 0 Å². The van der Waals surface area contributed by atoms with E-state index in [1.165, 1.54) is 0 Å². The van der Waals surface area contributed by atoms with Gasteiger partial charge in [0.1, 0.15) is 11.5 Å². The van der Waals surface area contributed by atoms with Gasteiger partial charge in [-0.1, -0.05) is 30.8 Å². The minimum absolute atomic E-state index is 0.119. The summed E-state index contributed by atoms with van der Waals surface area (Å²) in [5.74, 6) is 1.38. The maximum atomic E-state index is 12.7. The molecule has 0 saturated carbocycles.